The first-order valence-corrected chi connectivity index (χ1v) is 8.94. The molecule has 1 aliphatic heterocycles. The van der Waals surface area contributed by atoms with E-state index in [9.17, 15) is 4.79 Å². The lowest BCUT2D eigenvalue weighted by Gasteiger charge is -2.18. The SMILES string of the molecule is CCOc1ccccc1-c1nccn1-c1cccc(N2CCCC2=O)c1. The molecule has 0 unspecified atom stereocenters. The van der Waals surface area contributed by atoms with Crippen molar-refractivity contribution in [3.05, 3.63) is 60.9 Å². The number of anilines is 1. The van der Waals surface area contributed by atoms with Crippen LogP contribution in [0, 0.1) is 0 Å². The second-order valence-electron chi connectivity index (χ2n) is 6.22. The zero-order valence-corrected chi connectivity index (χ0v) is 14.8. The van der Waals surface area contributed by atoms with E-state index >= 15 is 0 Å². The molecule has 0 atom stereocenters. The lowest BCUT2D eigenvalue weighted by molar-refractivity contribution is -0.117. The van der Waals surface area contributed by atoms with E-state index in [1.165, 1.54) is 0 Å². The van der Waals surface area contributed by atoms with Gasteiger partial charge in [-0.05, 0) is 43.7 Å². The minimum Gasteiger partial charge on any atom is -0.493 e. The van der Waals surface area contributed by atoms with E-state index < -0.39 is 0 Å². The van der Waals surface area contributed by atoms with E-state index in [0.29, 0.717) is 13.0 Å². The summed E-state index contributed by atoms with van der Waals surface area (Å²) >= 11 is 0. The number of imidazole rings is 1. The van der Waals surface area contributed by atoms with Gasteiger partial charge in [0.1, 0.15) is 11.6 Å². The molecule has 0 radical (unpaired) electrons. The molecule has 3 aromatic rings. The lowest BCUT2D eigenvalue weighted by Crippen LogP contribution is -2.23. The smallest absolute Gasteiger partial charge is 0.227 e. The second-order valence-corrected chi connectivity index (χ2v) is 6.22. The van der Waals surface area contributed by atoms with Gasteiger partial charge in [-0.3, -0.25) is 9.36 Å². The third-order valence-electron chi connectivity index (χ3n) is 4.56. The van der Waals surface area contributed by atoms with Crippen LogP contribution in [0.25, 0.3) is 17.1 Å². The highest BCUT2D eigenvalue weighted by atomic mass is 16.5. The third-order valence-corrected chi connectivity index (χ3v) is 4.56. The Morgan fingerprint density at radius 3 is 2.77 bits per heavy atom. The Labute approximate surface area is 152 Å². The van der Waals surface area contributed by atoms with Crippen molar-refractivity contribution in [1.29, 1.82) is 0 Å². The lowest BCUT2D eigenvalue weighted by atomic mass is 10.1. The van der Waals surface area contributed by atoms with Crippen molar-refractivity contribution >= 4 is 11.6 Å². The highest BCUT2D eigenvalue weighted by Crippen LogP contribution is 2.31. The average Bonchev–Trinajstić information content (AvgIpc) is 3.31. The minimum absolute atomic E-state index is 0.190. The van der Waals surface area contributed by atoms with Gasteiger partial charge in [0, 0.05) is 36.7 Å². The summed E-state index contributed by atoms with van der Waals surface area (Å²) in [4.78, 5) is 18.5. The molecule has 26 heavy (non-hydrogen) atoms. The molecular weight excluding hydrogens is 326 g/mol. The molecule has 1 saturated heterocycles. The molecule has 0 saturated carbocycles. The van der Waals surface area contributed by atoms with Gasteiger partial charge in [-0.1, -0.05) is 18.2 Å². The number of amides is 1. The fourth-order valence-corrected chi connectivity index (χ4v) is 3.38. The van der Waals surface area contributed by atoms with E-state index in [1.807, 2.05) is 71.1 Å². The molecule has 2 aromatic carbocycles. The summed E-state index contributed by atoms with van der Waals surface area (Å²) in [7, 11) is 0. The summed E-state index contributed by atoms with van der Waals surface area (Å²) in [6.45, 7) is 3.36. The highest BCUT2D eigenvalue weighted by molar-refractivity contribution is 5.95. The number of nitrogens with zero attached hydrogens (tertiary/aromatic N) is 3. The molecule has 0 bridgehead atoms. The van der Waals surface area contributed by atoms with Crippen LogP contribution < -0.4 is 9.64 Å². The molecule has 5 nitrogen and oxygen atoms in total. The Morgan fingerprint density at radius 2 is 1.96 bits per heavy atom. The summed E-state index contributed by atoms with van der Waals surface area (Å²) < 4.78 is 7.79. The number of rotatable bonds is 5. The normalized spacial score (nSPS) is 14.0. The topological polar surface area (TPSA) is 47.4 Å². The molecule has 0 spiro atoms. The maximum Gasteiger partial charge on any atom is 0.227 e. The van der Waals surface area contributed by atoms with Crippen molar-refractivity contribution in [3.63, 3.8) is 0 Å². The Hall–Kier alpha value is -3.08. The number of ether oxygens (including phenoxy) is 1. The molecule has 1 aromatic heterocycles. The van der Waals surface area contributed by atoms with Crippen LogP contribution in [0.5, 0.6) is 5.75 Å². The number of para-hydroxylation sites is 1. The molecule has 4 rings (SSSR count). The van der Waals surface area contributed by atoms with Crippen LogP contribution >= 0.6 is 0 Å². The maximum atomic E-state index is 12.1. The zero-order chi connectivity index (χ0) is 17.9. The number of carbonyl (C=O) groups is 1. The summed E-state index contributed by atoms with van der Waals surface area (Å²) in [6, 6.07) is 15.9. The van der Waals surface area contributed by atoms with Gasteiger partial charge in [0.05, 0.1) is 12.2 Å². The van der Waals surface area contributed by atoms with Crippen LogP contribution in [0.1, 0.15) is 19.8 Å². The molecule has 5 heteroatoms. The Morgan fingerprint density at radius 1 is 1.12 bits per heavy atom. The highest BCUT2D eigenvalue weighted by Gasteiger charge is 2.22. The second kappa shape index (κ2) is 7.04. The molecule has 0 N–H and O–H groups in total. The fourth-order valence-electron chi connectivity index (χ4n) is 3.38. The number of carbonyl (C=O) groups excluding carboxylic acids is 1. The van der Waals surface area contributed by atoms with Gasteiger partial charge in [-0.2, -0.15) is 0 Å². The largest absolute Gasteiger partial charge is 0.493 e. The zero-order valence-electron chi connectivity index (χ0n) is 14.8. The molecule has 132 valence electrons. The van der Waals surface area contributed by atoms with Crippen molar-refractivity contribution < 1.29 is 9.53 Å². The van der Waals surface area contributed by atoms with Crippen molar-refractivity contribution in [2.75, 3.05) is 18.1 Å². The summed E-state index contributed by atoms with van der Waals surface area (Å²) in [5, 5.41) is 0. The Bertz CT molecular complexity index is 932. The maximum absolute atomic E-state index is 12.1. The first-order chi connectivity index (χ1) is 12.8. The van der Waals surface area contributed by atoms with Gasteiger partial charge in [0.15, 0.2) is 0 Å². The standard InChI is InChI=1S/C21H21N3O2/c1-2-26-19-10-4-3-9-18(19)21-22-12-14-24(21)17-8-5-7-16(15-17)23-13-6-11-20(23)25/h3-5,7-10,12,14-15H,2,6,11,13H2,1H3. The van der Waals surface area contributed by atoms with E-state index in [-0.39, 0.29) is 5.91 Å². The van der Waals surface area contributed by atoms with Gasteiger partial charge in [0.25, 0.3) is 0 Å². The molecule has 1 fully saturated rings. The van der Waals surface area contributed by atoms with Gasteiger partial charge in [0.2, 0.25) is 5.91 Å². The monoisotopic (exact) mass is 347 g/mol. The van der Waals surface area contributed by atoms with Crippen LogP contribution in [0.4, 0.5) is 5.69 Å². The van der Waals surface area contributed by atoms with Crippen molar-refractivity contribution in [3.8, 4) is 22.8 Å². The van der Waals surface area contributed by atoms with Gasteiger partial charge in [-0.15, -0.1) is 0 Å². The first kappa shape index (κ1) is 16.4. The van der Waals surface area contributed by atoms with Crippen LogP contribution in [0.2, 0.25) is 0 Å². The summed E-state index contributed by atoms with van der Waals surface area (Å²) in [5.41, 5.74) is 2.85. The minimum atomic E-state index is 0.190. The van der Waals surface area contributed by atoms with Crippen LogP contribution in [0.15, 0.2) is 60.9 Å². The third kappa shape index (κ3) is 2.96. The van der Waals surface area contributed by atoms with Crippen molar-refractivity contribution in [2.24, 2.45) is 0 Å². The van der Waals surface area contributed by atoms with Crippen LogP contribution in [0.3, 0.4) is 0 Å². The quantitative estimate of drug-likeness (QED) is 0.699. The predicted octanol–water partition coefficient (Wildman–Crippen LogP) is 4.06. The van der Waals surface area contributed by atoms with E-state index in [0.717, 1.165) is 41.5 Å². The van der Waals surface area contributed by atoms with Crippen molar-refractivity contribution in [2.45, 2.75) is 19.8 Å². The van der Waals surface area contributed by atoms with E-state index in [2.05, 4.69) is 4.98 Å². The molecule has 1 amide bonds. The Balaban J connectivity index is 1.75. The van der Waals surface area contributed by atoms with E-state index in [4.69, 9.17) is 4.74 Å². The molecule has 1 aliphatic rings. The summed E-state index contributed by atoms with van der Waals surface area (Å²) in [5.74, 6) is 1.82. The molecule has 0 aliphatic carbocycles. The average molecular weight is 347 g/mol. The van der Waals surface area contributed by atoms with Gasteiger partial charge >= 0.3 is 0 Å². The predicted molar refractivity (Wildman–Crippen MR) is 102 cm³/mol. The number of benzene rings is 2. The van der Waals surface area contributed by atoms with Crippen LogP contribution in [-0.4, -0.2) is 28.6 Å². The first-order valence-electron chi connectivity index (χ1n) is 8.94. The summed E-state index contributed by atoms with van der Waals surface area (Å²) in [6.07, 6.45) is 5.26. The van der Waals surface area contributed by atoms with E-state index in [1.54, 1.807) is 6.20 Å². The molecule has 2 heterocycles. The number of hydrogen-bond donors (Lipinski definition) is 0. The van der Waals surface area contributed by atoms with Crippen molar-refractivity contribution in [1.82, 2.24) is 9.55 Å². The number of aromatic nitrogens is 2. The van der Waals surface area contributed by atoms with Gasteiger partial charge < -0.3 is 9.64 Å². The number of hydrogen-bond acceptors (Lipinski definition) is 3. The van der Waals surface area contributed by atoms with Crippen LogP contribution in [-0.2, 0) is 4.79 Å². The Kier molecular flexibility index (Phi) is 4.44. The van der Waals surface area contributed by atoms with Gasteiger partial charge in [-0.25, -0.2) is 4.98 Å². The fraction of sp³-hybridized carbons (Fsp3) is 0.238. The molecular formula is C21H21N3O2.